The number of alkyl halides is 5. The largest absolute Gasteiger partial charge is 0.399 e. The van der Waals surface area contributed by atoms with Gasteiger partial charge in [-0.25, -0.2) is 13.2 Å². The Kier molecular flexibility index (Phi) is 7.01. The molecule has 0 nitrogen and oxygen atoms in total. The zero-order valence-corrected chi connectivity index (χ0v) is 17.3. The highest BCUT2D eigenvalue weighted by molar-refractivity contribution is 6.42. The summed E-state index contributed by atoms with van der Waals surface area (Å²) in [4.78, 5) is 0. The van der Waals surface area contributed by atoms with E-state index < -0.39 is 35.8 Å². The average Bonchev–Trinajstić information content (AvgIpc) is 2.62. The van der Waals surface area contributed by atoms with Crippen molar-refractivity contribution in [2.45, 2.75) is 45.2 Å². The van der Waals surface area contributed by atoms with Crippen molar-refractivity contribution in [1.82, 2.24) is 0 Å². The van der Waals surface area contributed by atoms with Crippen LogP contribution in [0.3, 0.4) is 0 Å². The van der Waals surface area contributed by atoms with Crippen LogP contribution < -0.4 is 0 Å². The molecule has 0 radical (unpaired) electrons. The van der Waals surface area contributed by atoms with Crippen LogP contribution in [0.1, 0.15) is 47.1 Å². The minimum Gasteiger partial charge on any atom is -0.207 e. The molecule has 0 bridgehead atoms. The smallest absolute Gasteiger partial charge is 0.207 e. The van der Waals surface area contributed by atoms with Gasteiger partial charge in [0.1, 0.15) is 11.7 Å². The molecular formula is C21H18Cl2F6. The molecule has 8 heteroatoms. The number of benzene rings is 2. The van der Waals surface area contributed by atoms with Crippen molar-refractivity contribution in [2.24, 2.45) is 0 Å². The molecule has 1 atom stereocenters. The minimum atomic E-state index is -4.83. The van der Waals surface area contributed by atoms with Crippen molar-refractivity contribution in [3.8, 4) is 0 Å². The Labute approximate surface area is 175 Å². The van der Waals surface area contributed by atoms with Gasteiger partial charge in [0.05, 0.1) is 10.0 Å². The van der Waals surface area contributed by atoms with Crippen molar-refractivity contribution in [2.75, 3.05) is 0 Å². The third-order valence-electron chi connectivity index (χ3n) is 4.61. The first-order valence-electron chi connectivity index (χ1n) is 8.66. The molecule has 0 aromatic heterocycles. The summed E-state index contributed by atoms with van der Waals surface area (Å²) in [7, 11) is 0. The summed E-state index contributed by atoms with van der Waals surface area (Å²) in [5.41, 5.74) is -0.552. The van der Waals surface area contributed by atoms with Crippen LogP contribution in [0, 0.1) is 13.8 Å². The lowest BCUT2D eigenvalue weighted by atomic mass is 9.93. The van der Waals surface area contributed by atoms with E-state index in [-0.39, 0.29) is 26.7 Å². The molecule has 0 aliphatic rings. The lowest BCUT2D eigenvalue weighted by Crippen LogP contribution is -2.19. The molecule has 158 valence electrons. The van der Waals surface area contributed by atoms with Crippen molar-refractivity contribution < 1.29 is 26.3 Å². The predicted octanol–water partition coefficient (Wildman–Crippen LogP) is 8.77. The maximum Gasteiger partial charge on any atom is 0.399 e. The molecule has 2 aromatic rings. The molecule has 0 spiro atoms. The van der Waals surface area contributed by atoms with E-state index in [0.717, 1.165) is 12.1 Å². The minimum absolute atomic E-state index is 0.0927. The summed E-state index contributed by atoms with van der Waals surface area (Å²) in [6, 6.07) is 5.50. The highest BCUT2D eigenvalue weighted by atomic mass is 35.5. The maximum atomic E-state index is 14.7. The van der Waals surface area contributed by atoms with Gasteiger partial charge in [-0.2, -0.15) is 13.2 Å². The molecule has 2 rings (SSSR count). The van der Waals surface area contributed by atoms with E-state index in [1.807, 2.05) is 0 Å². The lowest BCUT2D eigenvalue weighted by molar-refractivity contribution is -0.139. The molecule has 0 heterocycles. The van der Waals surface area contributed by atoms with Gasteiger partial charge in [-0.1, -0.05) is 48.3 Å². The summed E-state index contributed by atoms with van der Waals surface area (Å²) < 4.78 is 83.8. The number of rotatable bonds is 5. The topological polar surface area (TPSA) is 0 Å². The van der Waals surface area contributed by atoms with Crippen molar-refractivity contribution in [3.63, 3.8) is 0 Å². The third kappa shape index (κ3) is 5.28. The second-order valence-electron chi connectivity index (χ2n) is 6.76. The van der Waals surface area contributed by atoms with Crippen LogP contribution in [0.2, 0.25) is 10.0 Å². The fraction of sp³-hybridized carbons (Fsp3) is 0.333. The summed E-state index contributed by atoms with van der Waals surface area (Å²) in [6.07, 6.45) is -4.99. The van der Waals surface area contributed by atoms with Crippen LogP contribution in [-0.4, -0.2) is 6.18 Å². The summed E-state index contributed by atoms with van der Waals surface area (Å²) in [5, 5.41) is 0.00991. The van der Waals surface area contributed by atoms with Gasteiger partial charge < -0.3 is 0 Å². The molecule has 0 N–H and O–H groups in total. The van der Waals surface area contributed by atoms with Gasteiger partial charge in [0, 0.05) is 17.5 Å². The van der Waals surface area contributed by atoms with Crippen LogP contribution in [0.25, 0.3) is 5.83 Å². The van der Waals surface area contributed by atoms with Crippen LogP contribution in [0.5, 0.6) is 0 Å². The Hall–Kier alpha value is -1.66. The van der Waals surface area contributed by atoms with Crippen LogP contribution in [-0.2, 0) is 5.92 Å². The van der Waals surface area contributed by atoms with Gasteiger partial charge in [-0.15, -0.1) is 0 Å². The summed E-state index contributed by atoms with van der Waals surface area (Å²) in [5.74, 6) is -6.80. The molecule has 0 aliphatic heterocycles. The van der Waals surface area contributed by atoms with Gasteiger partial charge in [0.2, 0.25) is 0 Å². The Morgan fingerprint density at radius 3 is 2.14 bits per heavy atom. The fourth-order valence-corrected chi connectivity index (χ4v) is 3.29. The summed E-state index contributed by atoms with van der Waals surface area (Å²) >= 11 is 11.8. The van der Waals surface area contributed by atoms with E-state index in [9.17, 15) is 26.3 Å². The molecule has 0 fully saturated rings. The fourth-order valence-electron chi connectivity index (χ4n) is 2.91. The Morgan fingerprint density at radius 2 is 1.62 bits per heavy atom. The first-order chi connectivity index (χ1) is 13.3. The first-order valence-corrected chi connectivity index (χ1v) is 9.42. The molecule has 2 aromatic carbocycles. The number of aryl methyl sites for hydroxylation is 2. The van der Waals surface area contributed by atoms with Crippen molar-refractivity contribution >= 4 is 29.0 Å². The van der Waals surface area contributed by atoms with Crippen molar-refractivity contribution in [1.29, 1.82) is 0 Å². The van der Waals surface area contributed by atoms with Crippen LogP contribution >= 0.6 is 23.2 Å². The molecule has 0 saturated heterocycles. The van der Waals surface area contributed by atoms with Crippen molar-refractivity contribution in [3.05, 3.63) is 74.3 Å². The highest BCUT2D eigenvalue weighted by Crippen LogP contribution is 2.42. The molecule has 29 heavy (non-hydrogen) atoms. The molecule has 1 unspecified atom stereocenters. The Morgan fingerprint density at radius 1 is 1.00 bits per heavy atom. The normalized spacial score (nSPS) is 14.2. The average molecular weight is 455 g/mol. The van der Waals surface area contributed by atoms with E-state index in [1.165, 1.54) is 39.0 Å². The zero-order chi connectivity index (χ0) is 22.1. The molecular weight excluding hydrogens is 437 g/mol. The number of halogens is 8. The maximum absolute atomic E-state index is 14.7. The van der Waals surface area contributed by atoms with E-state index in [0.29, 0.717) is 11.6 Å². The standard InChI is InChI=1S/C21H18Cl2F6/c1-4-20(25,26)15-8-13(6-5-11(15)2)18(24)10-16(21(27,28)29)14-7-12(3)19(23)17(22)9-14/h5-10,16H,4H2,1-3H3/b18-10-. The predicted molar refractivity (Wildman–Crippen MR) is 104 cm³/mol. The molecule has 0 amide bonds. The first kappa shape index (κ1) is 23.6. The zero-order valence-electron chi connectivity index (χ0n) is 15.8. The van der Waals surface area contributed by atoms with Gasteiger partial charge in [0.15, 0.2) is 0 Å². The van der Waals surface area contributed by atoms with Gasteiger partial charge in [0.25, 0.3) is 5.92 Å². The second kappa shape index (κ2) is 8.60. The highest BCUT2D eigenvalue weighted by Gasteiger charge is 2.40. The van der Waals surface area contributed by atoms with E-state index >= 15 is 0 Å². The SMILES string of the molecule is CCC(F)(F)c1cc(/C(F)=C/C(c2cc(C)c(Cl)c(Cl)c2)C(F)(F)F)ccc1C. The van der Waals surface area contributed by atoms with E-state index in [4.69, 9.17) is 23.2 Å². The van der Waals surface area contributed by atoms with E-state index in [2.05, 4.69) is 0 Å². The second-order valence-corrected chi connectivity index (χ2v) is 7.54. The van der Waals surface area contributed by atoms with E-state index in [1.54, 1.807) is 0 Å². The Balaban J connectivity index is 2.57. The van der Waals surface area contributed by atoms with Gasteiger partial charge in [-0.3, -0.25) is 0 Å². The van der Waals surface area contributed by atoms with Crippen LogP contribution in [0.4, 0.5) is 26.3 Å². The van der Waals surface area contributed by atoms with Crippen LogP contribution in [0.15, 0.2) is 36.4 Å². The summed E-state index contributed by atoms with van der Waals surface area (Å²) in [6.45, 7) is 4.18. The van der Waals surface area contributed by atoms with Gasteiger partial charge >= 0.3 is 6.18 Å². The van der Waals surface area contributed by atoms with Gasteiger partial charge in [-0.05, 0) is 48.7 Å². The quantitative estimate of drug-likeness (QED) is 0.396. The third-order valence-corrected chi connectivity index (χ3v) is 5.51. The monoisotopic (exact) mass is 454 g/mol. The lowest BCUT2D eigenvalue weighted by Gasteiger charge is -2.20. The molecule has 0 saturated carbocycles. The molecule has 0 aliphatic carbocycles. The number of hydrogen-bond donors (Lipinski definition) is 0. The number of allylic oxidation sites excluding steroid dienone is 1. The number of hydrogen-bond acceptors (Lipinski definition) is 0. The Bertz CT molecular complexity index is 908.